The average Bonchev–Trinajstić information content (AvgIpc) is 2.75. The zero-order valence-corrected chi connectivity index (χ0v) is 13.0. The molecule has 1 aliphatic rings. The summed E-state index contributed by atoms with van der Waals surface area (Å²) in [5.74, 6) is 0.0959. The lowest BCUT2D eigenvalue weighted by atomic mass is 10.0. The summed E-state index contributed by atoms with van der Waals surface area (Å²) in [4.78, 5) is 19.1. The van der Waals surface area contributed by atoms with E-state index in [-0.39, 0.29) is 11.4 Å². The largest absolute Gasteiger partial charge is 0.384 e. The standard InChI is InChI=1S/C16H25N3O/c1-5-8-17-14-10-12(2)18-11-13(14)15(20)19-9-6-7-16(19,3)4/h10-11H,5-9H2,1-4H3,(H,17,18). The first kappa shape index (κ1) is 14.8. The molecule has 0 atom stereocenters. The van der Waals surface area contributed by atoms with Crippen molar-refractivity contribution in [3.05, 3.63) is 23.5 Å². The van der Waals surface area contributed by atoms with Gasteiger partial charge in [-0.05, 0) is 46.1 Å². The Morgan fingerprint density at radius 3 is 2.85 bits per heavy atom. The highest BCUT2D eigenvalue weighted by Gasteiger charge is 2.36. The van der Waals surface area contributed by atoms with Crippen LogP contribution >= 0.6 is 0 Å². The summed E-state index contributed by atoms with van der Waals surface area (Å²) in [5.41, 5.74) is 2.48. The third-order valence-corrected chi connectivity index (χ3v) is 3.98. The Kier molecular flexibility index (Phi) is 4.31. The van der Waals surface area contributed by atoms with Gasteiger partial charge in [0.2, 0.25) is 0 Å². The molecule has 0 unspecified atom stereocenters. The second-order valence-corrected chi connectivity index (χ2v) is 6.17. The summed E-state index contributed by atoms with van der Waals surface area (Å²) in [6.07, 6.45) is 4.89. The van der Waals surface area contributed by atoms with Crippen LogP contribution in [0.4, 0.5) is 5.69 Å². The van der Waals surface area contributed by atoms with Crippen LogP contribution in [0.15, 0.2) is 12.3 Å². The van der Waals surface area contributed by atoms with E-state index in [1.165, 1.54) is 0 Å². The quantitative estimate of drug-likeness (QED) is 0.917. The van der Waals surface area contributed by atoms with Gasteiger partial charge in [0.1, 0.15) is 0 Å². The van der Waals surface area contributed by atoms with E-state index in [4.69, 9.17) is 0 Å². The predicted molar refractivity (Wildman–Crippen MR) is 82.1 cm³/mol. The minimum absolute atomic E-state index is 0.0516. The van der Waals surface area contributed by atoms with Crippen molar-refractivity contribution in [2.75, 3.05) is 18.4 Å². The second kappa shape index (κ2) is 5.81. The number of hydrogen-bond acceptors (Lipinski definition) is 3. The summed E-state index contributed by atoms with van der Waals surface area (Å²) in [5, 5.41) is 3.35. The molecule has 1 aromatic rings. The number of aromatic nitrogens is 1. The molecule has 0 radical (unpaired) electrons. The van der Waals surface area contributed by atoms with Crippen LogP contribution in [0, 0.1) is 6.92 Å². The van der Waals surface area contributed by atoms with Crippen molar-refractivity contribution in [1.82, 2.24) is 9.88 Å². The third-order valence-electron chi connectivity index (χ3n) is 3.98. The molecule has 1 N–H and O–H groups in total. The number of aryl methyl sites for hydroxylation is 1. The van der Waals surface area contributed by atoms with Gasteiger partial charge in [0.05, 0.1) is 11.3 Å². The van der Waals surface area contributed by atoms with E-state index in [1.807, 2.05) is 17.9 Å². The van der Waals surface area contributed by atoms with Crippen molar-refractivity contribution < 1.29 is 4.79 Å². The molecule has 0 bridgehead atoms. The summed E-state index contributed by atoms with van der Waals surface area (Å²) >= 11 is 0. The molecular formula is C16H25N3O. The maximum atomic E-state index is 12.8. The van der Waals surface area contributed by atoms with Crippen molar-refractivity contribution >= 4 is 11.6 Å². The molecule has 1 saturated heterocycles. The maximum absolute atomic E-state index is 12.8. The van der Waals surface area contributed by atoms with Crippen LogP contribution in [0.2, 0.25) is 0 Å². The van der Waals surface area contributed by atoms with Gasteiger partial charge < -0.3 is 10.2 Å². The lowest BCUT2D eigenvalue weighted by molar-refractivity contribution is 0.0652. The van der Waals surface area contributed by atoms with Crippen molar-refractivity contribution in [3.63, 3.8) is 0 Å². The fourth-order valence-electron chi connectivity index (χ4n) is 2.77. The number of carbonyl (C=O) groups excluding carboxylic acids is 1. The number of nitrogens with one attached hydrogen (secondary N) is 1. The van der Waals surface area contributed by atoms with E-state index in [0.717, 1.165) is 43.7 Å². The van der Waals surface area contributed by atoms with Gasteiger partial charge in [-0.1, -0.05) is 6.92 Å². The van der Waals surface area contributed by atoms with Crippen LogP contribution in [0.1, 0.15) is 56.1 Å². The summed E-state index contributed by atoms with van der Waals surface area (Å²) in [7, 11) is 0. The number of hydrogen-bond donors (Lipinski definition) is 1. The molecule has 110 valence electrons. The second-order valence-electron chi connectivity index (χ2n) is 6.17. The maximum Gasteiger partial charge on any atom is 0.257 e. The van der Waals surface area contributed by atoms with Crippen molar-refractivity contribution in [1.29, 1.82) is 0 Å². The SMILES string of the molecule is CCCNc1cc(C)ncc1C(=O)N1CCCC1(C)C. The lowest BCUT2D eigenvalue weighted by Gasteiger charge is -2.32. The van der Waals surface area contributed by atoms with Crippen molar-refractivity contribution in [2.24, 2.45) is 0 Å². The van der Waals surface area contributed by atoms with E-state index >= 15 is 0 Å². The zero-order chi connectivity index (χ0) is 14.8. The van der Waals surface area contributed by atoms with Gasteiger partial charge in [0.25, 0.3) is 5.91 Å². The number of anilines is 1. The monoisotopic (exact) mass is 275 g/mol. The zero-order valence-electron chi connectivity index (χ0n) is 13.0. The number of nitrogens with zero attached hydrogens (tertiary/aromatic N) is 2. The van der Waals surface area contributed by atoms with Crippen LogP contribution in [-0.2, 0) is 0 Å². The molecule has 2 rings (SSSR count). The molecular weight excluding hydrogens is 250 g/mol. The number of pyridine rings is 1. The van der Waals surface area contributed by atoms with E-state index in [0.29, 0.717) is 5.56 Å². The van der Waals surface area contributed by atoms with E-state index < -0.39 is 0 Å². The van der Waals surface area contributed by atoms with Gasteiger partial charge >= 0.3 is 0 Å². The smallest absolute Gasteiger partial charge is 0.257 e. The third kappa shape index (κ3) is 2.94. The van der Waals surface area contributed by atoms with Gasteiger partial charge in [0, 0.05) is 30.5 Å². The first-order valence-corrected chi connectivity index (χ1v) is 7.48. The number of amides is 1. The molecule has 1 amide bonds. The first-order valence-electron chi connectivity index (χ1n) is 7.48. The number of rotatable bonds is 4. The highest BCUT2D eigenvalue weighted by Crippen LogP contribution is 2.31. The van der Waals surface area contributed by atoms with Crippen LogP contribution in [-0.4, -0.2) is 34.4 Å². The Balaban J connectivity index is 2.29. The van der Waals surface area contributed by atoms with Gasteiger partial charge in [0.15, 0.2) is 0 Å². The van der Waals surface area contributed by atoms with E-state index in [1.54, 1.807) is 6.20 Å². The van der Waals surface area contributed by atoms with E-state index in [2.05, 4.69) is 31.1 Å². The van der Waals surface area contributed by atoms with Gasteiger partial charge in [-0.25, -0.2) is 0 Å². The van der Waals surface area contributed by atoms with Gasteiger partial charge in [-0.2, -0.15) is 0 Å². The molecule has 4 heteroatoms. The van der Waals surface area contributed by atoms with Crippen molar-refractivity contribution in [3.8, 4) is 0 Å². The lowest BCUT2D eigenvalue weighted by Crippen LogP contribution is -2.42. The van der Waals surface area contributed by atoms with Gasteiger partial charge in [-0.15, -0.1) is 0 Å². The Bertz CT molecular complexity index is 496. The summed E-state index contributed by atoms with van der Waals surface area (Å²) in [6, 6.07) is 1.96. The molecule has 4 nitrogen and oxygen atoms in total. The van der Waals surface area contributed by atoms with Crippen LogP contribution in [0.3, 0.4) is 0 Å². The van der Waals surface area contributed by atoms with Gasteiger partial charge in [-0.3, -0.25) is 9.78 Å². The highest BCUT2D eigenvalue weighted by molar-refractivity contribution is 6.00. The Morgan fingerprint density at radius 2 is 2.25 bits per heavy atom. The normalized spacial score (nSPS) is 17.3. The molecule has 0 saturated carbocycles. The highest BCUT2D eigenvalue weighted by atomic mass is 16.2. The molecule has 20 heavy (non-hydrogen) atoms. The summed E-state index contributed by atoms with van der Waals surface area (Å²) in [6.45, 7) is 10.1. The minimum atomic E-state index is -0.0516. The summed E-state index contributed by atoms with van der Waals surface area (Å²) < 4.78 is 0. The fourth-order valence-corrected chi connectivity index (χ4v) is 2.77. The van der Waals surface area contributed by atoms with Crippen LogP contribution in [0.5, 0.6) is 0 Å². The topological polar surface area (TPSA) is 45.2 Å². The van der Waals surface area contributed by atoms with E-state index in [9.17, 15) is 4.79 Å². The predicted octanol–water partition coefficient (Wildman–Crippen LogP) is 3.23. The van der Waals surface area contributed by atoms with Crippen LogP contribution in [0.25, 0.3) is 0 Å². The Hall–Kier alpha value is -1.58. The molecule has 2 heterocycles. The number of likely N-dealkylation sites (tertiary alicyclic amines) is 1. The fraction of sp³-hybridized carbons (Fsp3) is 0.625. The minimum Gasteiger partial charge on any atom is -0.384 e. The Labute approximate surface area is 121 Å². The molecule has 0 aromatic carbocycles. The molecule has 1 aromatic heterocycles. The Morgan fingerprint density at radius 1 is 1.50 bits per heavy atom. The van der Waals surface area contributed by atoms with Crippen LogP contribution < -0.4 is 5.32 Å². The van der Waals surface area contributed by atoms with Crippen molar-refractivity contribution in [2.45, 2.75) is 52.5 Å². The molecule has 1 fully saturated rings. The number of carbonyl (C=O) groups is 1. The first-order chi connectivity index (χ1) is 9.45. The molecule has 1 aliphatic heterocycles. The molecule has 0 aliphatic carbocycles. The molecule has 0 spiro atoms. The average molecular weight is 275 g/mol.